The van der Waals surface area contributed by atoms with Crippen LogP contribution in [0, 0.1) is 11.7 Å². The van der Waals surface area contributed by atoms with E-state index in [4.69, 9.17) is 0 Å². The summed E-state index contributed by atoms with van der Waals surface area (Å²) in [6, 6.07) is 2.35. The summed E-state index contributed by atoms with van der Waals surface area (Å²) in [5.74, 6) is 0.821. The lowest BCUT2D eigenvalue weighted by atomic mass is 10.0. The molecule has 4 heteroatoms. The molecule has 0 aliphatic heterocycles. The number of nitrogens with one attached hydrogen (secondary N) is 1. The highest BCUT2D eigenvalue weighted by Gasteiger charge is 2.18. The number of halogens is 1. The van der Waals surface area contributed by atoms with Crippen molar-refractivity contribution < 1.29 is 4.39 Å². The van der Waals surface area contributed by atoms with Gasteiger partial charge in [-0.05, 0) is 25.3 Å². The van der Waals surface area contributed by atoms with E-state index in [1.807, 2.05) is 11.9 Å². The van der Waals surface area contributed by atoms with Gasteiger partial charge < -0.3 is 10.2 Å². The molecule has 1 unspecified atom stereocenters. The third-order valence-corrected chi connectivity index (χ3v) is 3.46. The van der Waals surface area contributed by atoms with Crippen LogP contribution in [-0.4, -0.2) is 24.1 Å². The van der Waals surface area contributed by atoms with Crippen LogP contribution in [0.1, 0.15) is 46.6 Å². The largest absolute Gasteiger partial charge is 0.355 e. The Labute approximate surface area is 122 Å². The summed E-state index contributed by atoms with van der Waals surface area (Å²) in [7, 11) is 1.91. The van der Waals surface area contributed by atoms with Crippen LogP contribution < -0.4 is 10.2 Å². The minimum absolute atomic E-state index is 0.209. The van der Waals surface area contributed by atoms with Gasteiger partial charge in [0.05, 0.1) is 0 Å². The van der Waals surface area contributed by atoms with E-state index < -0.39 is 0 Å². The summed E-state index contributed by atoms with van der Waals surface area (Å²) < 4.78 is 14.5. The van der Waals surface area contributed by atoms with Gasteiger partial charge in [-0.2, -0.15) is 0 Å². The molecule has 3 nitrogen and oxygen atoms in total. The molecule has 0 saturated heterocycles. The van der Waals surface area contributed by atoms with E-state index in [0.29, 0.717) is 29.9 Å². The zero-order valence-corrected chi connectivity index (χ0v) is 13.6. The second kappa shape index (κ2) is 7.58. The Hall–Kier alpha value is -1.16. The van der Waals surface area contributed by atoms with Crippen LogP contribution >= 0.6 is 0 Å². The molecule has 0 fully saturated rings. The molecule has 0 aliphatic carbocycles. The van der Waals surface area contributed by atoms with E-state index in [2.05, 4.69) is 44.9 Å². The lowest BCUT2D eigenvalue weighted by molar-refractivity contribution is 0.491. The molecular formula is C16H28FN3. The van der Waals surface area contributed by atoms with Crippen LogP contribution in [-0.2, 0) is 6.54 Å². The molecule has 0 aromatic carbocycles. The highest BCUT2D eigenvalue weighted by atomic mass is 19.1. The molecule has 0 radical (unpaired) electrons. The number of hydrogen-bond acceptors (Lipinski definition) is 3. The van der Waals surface area contributed by atoms with Crippen molar-refractivity contribution in [2.75, 3.05) is 11.9 Å². The van der Waals surface area contributed by atoms with Crippen molar-refractivity contribution in [3.63, 3.8) is 0 Å². The van der Waals surface area contributed by atoms with Crippen molar-refractivity contribution in [3.05, 3.63) is 23.6 Å². The molecule has 0 aliphatic rings. The molecule has 1 atom stereocenters. The molecule has 1 rings (SSSR count). The standard InChI is InChI=1S/C16H28FN3/c1-11(2)9-13(5)20(6)16-15(17)14(7-8-18-16)10-19-12(3)4/h7-8,11-13,19H,9-10H2,1-6H3. The Bertz CT molecular complexity index is 418. The second-order valence-electron chi connectivity index (χ2n) is 6.23. The molecule has 1 aromatic rings. The molecule has 1 aromatic heterocycles. The molecule has 0 spiro atoms. The first-order chi connectivity index (χ1) is 9.32. The third kappa shape index (κ3) is 4.75. The number of nitrogens with zero attached hydrogens (tertiary/aromatic N) is 2. The zero-order valence-electron chi connectivity index (χ0n) is 13.6. The monoisotopic (exact) mass is 281 g/mol. The minimum Gasteiger partial charge on any atom is -0.355 e. The number of anilines is 1. The molecule has 0 amide bonds. The molecule has 1 N–H and O–H groups in total. The highest BCUT2D eigenvalue weighted by molar-refractivity contribution is 5.43. The number of rotatable bonds is 7. The van der Waals surface area contributed by atoms with E-state index in [-0.39, 0.29) is 11.9 Å². The predicted octanol–water partition coefficient (Wildman–Crippen LogP) is 3.59. The van der Waals surface area contributed by atoms with Crippen LogP contribution in [0.4, 0.5) is 10.2 Å². The van der Waals surface area contributed by atoms with Crippen molar-refractivity contribution in [1.29, 1.82) is 0 Å². The quantitative estimate of drug-likeness (QED) is 0.828. The fourth-order valence-electron chi connectivity index (χ4n) is 2.22. The van der Waals surface area contributed by atoms with Crippen molar-refractivity contribution >= 4 is 5.82 Å². The first-order valence-electron chi connectivity index (χ1n) is 7.42. The van der Waals surface area contributed by atoms with Crippen molar-refractivity contribution in [1.82, 2.24) is 10.3 Å². The molecule has 1 heterocycles. The SMILES string of the molecule is CC(C)CC(C)N(C)c1nccc(CNC(C)C)c1F. The average Bonchev–Trinajstić information content (AvgIpc) is 2.35. The van der Waals surface area contributed by atoms with Crippen molar-refractivity contribution in [3.8, 4) is 0 Å². The molecule has 20 heavy (non-hydrogen) atoms. The van der Waals surface area contributed by atoms with Crippen LogP contribution in [0.2, 0.25) is 0 Å². The summed E-state index contributed by atoms with van der Waals surface area (Å²) in [4.78, 5) is 6.16. The van der Waals surface area contributed by atoms with E-state index >= 15 is 0 Å². The average molecular weight is 281 g/mol. The van der Waals surface area contributed by atoms with Gasteiger partial charge in [0.1, 0.15) is 0 Å². The summed E-state index contributed by atoms with van der Waals surface area (Å²) in [5.41, 5.74) is 0.673. The summed E-state index contributed by atoms with van der Waals surface area (Å²) in [6.07, 6.45) is 2.71. The summed E-state index contributed by atoms with van der Waals surface area (Å²) >= 11 is 0. The minimum atomic E-state index is -0.209. The maximum atomic E-state index is 14.5. The van der Waals surface area contributed by atoms with Gasteiger partial charge in [0, 0.05) is 37.4 Å². The molecule has 0 bridgehead atoms. The van der Waals surface area contributed by atoms with E-state index in [9.17, 15) is 4.39 Å². The lowest BCUT2D eigenvalue weighted by Crippen LogP contribution is -2.32. The fraction of sp³-hybridized carbons (Fsp3) is 0.688. The summed E-state index contributed by atoms with van der Waals surface area (Å²) in [6.45, 7) is 11.1. The number of aromatic nitrogens is 1. The smallest absolute Gasteiger partial charge is 0.170 e. The van der Waals surface area contributed by atoms with Gasteiger partial charge in [-0.3, -0.25) is 0 Å². The van der Waals surface area contributed by atoms with E-state index in [0.717, 1.165) is 6.42 Å². The van der Waals surface area contributed by atoms with Crippen LogP contribution in [0.25, 0.3) is 0 Å². The Morgan fingerprint density at radius 1 is 1.25 bits per heavy atom. The zero-order chi connectivity index (χ0) is 15.3. The fourth-order valence-corrected chi connectivity index (χ4v) is 2.22. The third-order valence-electron chi connectivity index (χ3n) is 3.46. The van der Waals surface area contributed by atoms with Gasteiger partial charge in [0.2, 0.25) is 0 Å². The lowest BCUT2D eigenvalue weighted by Gasteiger charge is -2.28. The van der Waals surface area contributed by atoms with Gasteiger partial charge in [0.25, 0.3) is 0 Å². The van der Waals surface area contributed by atoms with Gasteiger partial charge >= 0.3 is 0 Å². The molecule has 114 valence electrons. The Morgan fingerprint density at radius 2 is 1.90 bits per heavy atom. The van der Waals surface area contributed by atoms with E-state index in [1.165, 1.54) is 0 Å². The number of hydrogen-bond donors (Lipinski definition) is 1. The summed E-state index contributed by atoms with van der Waals surface area (Å²) in [5, 5.41) is 3.24. The van der Waals surface area contributed by atoms with Crippen LogP contribution in [0.15, 0.2) is 12.3 Å². The highest BCUT2D eigenvalue weighted by Crippen LogP contribution is 2.22. The van der Waals surface area contributed by atoms with Crippen LogP contribution in [0.5, 0.6) is 0 Å². The van der Waals surface area contributed by atoms with Gasteiger partial charge in [-0.1, -0.05) is 27.7 Å². The first kappa shape index (κ1) is 16.9. The Morgan fingerprint density at radius 3 is 2.45 bits per heavy atom. The van der Waals surface area contributed by atoms with Gasteiger partial charge in [-0.25, -0.2) is 9.37 Å². The molecular weight excluding hydrogens is 253 g/mol. The number of pyridine rings is 1. The second-order valence-corrected chi connectivity index (χ2v) is 6.23. The first-order valence-corrected chi connectivity index (χ1v) is 7.42. The maximum Gasteiger partial charge on any atom is 0.170 e. The topological polar surface area (TPSA) is 28.2 Å². The Balaban J connectivity index is 2.87. The van der Waals surface area contributed by atoms with E-state index in [1.54, 1.807) is 12.3 Å². The van der Waals surface area contributed by atoms with Gasteiger partial charge in [-0.15, -0.1) is 0 Å². The predicted molar refractivity (Wildman–Crippen MR) is 83.5 cm³/mol. The molecule has 0 saturated carbocycles. The van der Waals surface area contributed by atoms with Gasteiger partial charge in [0.15, 0.2) is 11.6 Å². The maximum absolute atomic E-state index is 14.5. The Kier molecular flexibility index (Phi) is 6.40. The van der Waals surface area contributed by atoms with Crippen LogP contribution in [0.3, 0.4) is 0 Å². The van der Waals surface area contributed by atoms with Crippen molar-refractivity contribution in [2.45, 2.75) is 59.7 Å². The normalized spacial score (nSPS) is 13.1. The van der Waals surface area contributed by atoms with Crippen molar-refractivity contribution in [2.24, 2.45) is 5.92 Å².